The summed E-state index contributed by atoms with van der Waals surface area (Å²) in [6.07, 6.45) is 3.14. The van der Waals surface area contributed by atoms with Crippen molar-refractivity contribution in [2.24, 2.45) is 11.3 Å². The Morgan fingerprint density at radius 2 is 2.08 bits per heavy atom. The molecule has 1 aliphatic carbocycles. The summed E-state index contributed by atoms with van der Waals surface area (Å²) < 4.78 is 0. The molecule has 1 rings (SSSR count). The predicted molar refractivity (Wildman–Crippen MR) is 51.9 cm³/mol. The lowest BCUT2D eigenvalue weighted by Crippen LogP contribution is -2.42. The number of hydrogen-bond acceptors (Lipinski definition) is 1. The van der Waals surface area contributed by atoms with Crippen LogP contribution < -0.4 is 0 Å². The van der Waals surface area contributed by atoms with Crippen LogP contribution in [0.4, 0.5) is 0 Å². The Kier molecular flexibility index (Phi) is 2.62. The Bertz CT molecular complexity index is 173. The van der Waals surface area contributed by atoms with Crippen molar-refractivity contribution in [2.45, 2.75) is 46.1 Å². The molecule has 3 atom stereocenters. The summed E-state index contributed by atoms with van der Waals surface area (Å²) in [7, 11) is 0. The lowest BCUT2D eigenvalue weighted by Gasteiger charge is -2.44. The van der Waals surface area contributed by atoms with Crippen LogP contribution in [0.15, 0.2) is 12.2 Å². The van der Waals surface area contributed by atoms with E-state index in [-0.39, 0.29) is 11.5 Å². The van der Waals surface area contributed by atoms with Crippen LogP contribution in [0.5, 0.6) is 0 Å². The first-order valence-electron chi connectivity index (χ1n) is 4.83. The second-order valence-corrected chi connectivity index (χ2v) is 4.41. The van der Waals surface area contributed by atoms with Gasteiger partial charge in [0.25, 0.3) is 0 Å². The van der Waals surface area contributed by atoms with Crippen molar-refractivity contribution in [3.05, 3.63) is 12.2 Å². The highest BCUT2D eigenvalue weighted by molar-refractivity contribution is 5.12. The molecule has 0 spiro atoms. The first kappa shape index (κ1) is 9.79. The van der Waals surface area contributed by atoms with Gasteiger partial charge in [0.15, 0.2) is 0 Å². The monoisotopic (exact) mass is 168 g/mol. The SMILES string of the molecule is C=C(C)C1(C)C(C)CCCC1O. The second kappa shape index (κ2) is 3.21. The molecule has 1 N–H and O–H groups in total. The quantitative estimate of drug-likeness (QED) is 0.597. The first-order valence-corrected chi connectivity index (χ1v) is 4.83. The highest BCUT2D eigenvalue weighted by Crippen LogP contribution is 2.45. The zero-order chi connectivity index (χ0) is 9.35. The lowest BCUT2D eigenvalue weighted by atomic mass is 9.63. The van der Waals surface area contributed by atoms with Gasteiger partial charge in [-0.2, -0.15) is 0 Å². The third-order valence-corrected chi connectivity index (χ3v) is 3.75. The van der Waals surface area contributed by atoms with E-state index in [1.807, 2.05) is 6.92 Å². The molecule has 0 aromatic rings. The van der Waals surface area contributed by atoms with Crippen molar-refractivity contribution in [2.75, 3.05) is 0 Å². The molecule has 1 nitrogen and oxygen atoms in total. The summed E-state index contributed by atoms with van der Waals surface area (Å²) in [6, 6.07) is 0. The Balaban J connectivity index is 2.87. The van der Waals surface area contributed by atoms with Gasteiger partial charge in [0.1, 0.15) is 0 Å². The van der Waals surface area contributed by atoms with E-state index in [0.29, 0.717) is 5.92 Å². The number of hydrogen-bond donors (Lipinski definition) is 1. The standard InChI is InChI=1S/C11H20O/c1-8(2)11(4)9(3)6-5-7-10(11)12/h9-10,12H,1,5-7H2,2-4H3. The summed E-state index contributed by atoms with van der Waals surface area (Å²) in [5.74, 6) is 0.568. The van der Waals surface area contributed by atoms with E-state index < -0.39 is 0 Å². The minimum Gasteiger partial charge on any atom is -0.392 e. The van der Waals surface area contributed by atoms with E-state index in [0.717, 1.165) is 18.4 Å². The van der Waals surface area contributed by atoms with Gasteiger partial charge in [-0.25, -0.2) is 0 Å². The second-order valence-electron chi connectivity index (χ2n) is 4.41. The molecule has 0 saturated heterocycles. The van der Waals surface area contributed by atoms with Gasteiger partial charge in [0, 0.05) is 5.41 Å². The third kappa shape index (κ3) is 1.31. The van der Waals surface area contributed by atoms with Crippen LogP contribution >= 0.6 is 0 Å². The fourth-order valence-corrected chi connectivity index (χ4v) is 2.25. The van der Waals surface area contributed by atoms with Crippen molar-refractivity contribution < 1.29 is 5.11 Å². The third-order valence-electron chi connectivity index (χ3n) is 3.75. The Hall–Kier alpha value is -0.300. The van der Waals surface area contributed by atoms with Gasteiger partial charge in [-0.1, -0.05) is 32.4 Å². The van der Waals surface area contributed by atoms with Crippen LogP contribution in [0.2, 0.25) is 0 Å². The van der Waals surface area contributed by atoms with Crippen LogP contribution in [0.25, 0.3) is 0 Å². The Morgan fingerprint density at radius 3 is 2.42 bits per heavy atom. The molecular formula is C11H20O. The van der Waals surface area contributed by atoms with Crippen molar-refractivity contribution in [3.8, 4) is 0 Å². The number of rotatable bonds is 1. The van der Waals surface area contributed by atoms with Gasteiger partial charge in [-0.05, 0) is 25.7 Å². The normalized spacial score (nSPS) is 42.7. The zero-order valence-corrected chi connectivity index (χ0v) is 8.43. The first-order chi connectivity index (χ1) is 5.49. The van der Waals surface area contributed by atoms with Gasteiger partial charge < -0.3 is 5.11 Å². The molecule has 1 saturated carbocycles. The van der Waals surface area contributed by atoms with Gasteiger partial charge in [-0.3, -0.25) is 0 Å². The van der Waals surface area contributed by atoms with Crippen molar-refractivity contribution in [1.29, 1.82) is 0 Å². The summed E-state index contributed by atoms with van der Waals surface area (Å²) in [5.41, 5.74) is 1.08. The fraction of sp³-hybridized carbons (Fsp3) is 0.818. The molecular weight excluding hydrogens is 148 g/mol. The largest absolute Gasteiger partial charge is 0.392 e. The van der Waals surface area contributed by atoms with E-state index in [9.17, 15) is 5.11 Å². The average molecular weight is 168 g/mol. The van der Waals surface area contributed by atoms with E-state index in [1.54, 1.807) is 0 Å². The smallest absolute Gasteiger partial charge is 0.0633 e. The fourth-order valence-electron chi connectivity index (χ4n) is 2.25. The van der Waals surface area contributed by atoms with Gasteiger partial charge >= 0.3 is 0 Å². The van der Waals surface area contributed by atoms with Crippen LogP contribution in [0.1, 0.15) is 40.0 Å². The van der Waals surface area contributed by atoms with Crippen LogP contribution in [0, 0.1) is 11.3 Å². The van der Waals surface area contributed by atoms with Crippen molar-refractivity contribution in [1.82, 2.24) is 0 Å². The van der Waals surface area contributed by atoms with E-state index in [2.05, 4.69) is 20.4 Å². The van der Waals surface area contributed by atoms with E-state index >= 15 is 0 Å². The Morgan fingerprint density at radius 1 is 1.50 bits per heavy atom. The molecule has 1 fully saturated rings. The van der Waals surface area contributed by atoms with Gasteiger partial charge in [0.05, 0.1) is 6.10 Å². The zero-order valence-electron chi connectivity index (χ0n) is 8.43. The van der Waals surface area contributed by atoms with Gasteiger partial charge in [-0.15, -0.1) is 0 Å². The molecule has 0 aliphatic heterocycles. The van der Waals surface area contributed by atoms with E-state index in [1.165, 1.54) is 6.42 Å². The highest BCUT2D eigenvalue weighted by Gasteiger charge is 2.41. The number of aliphatic hydroxyl groups excluding tert-OH is 1. The minimum atomic E-state index is -0.182. The van der Waals surface area contributed by atoms with Crippen molar-refractivity contribution in [3.63, 3.8) is 0 Å². The maximum absolute atomic E-state index is 9.91. The van der Waals surface area contributed by atoms with Crippen LogP contribution in [-0.2, 0) is 0 Å². The summed E-state index contributed by atoms with van der Waals surface area (Å²) in [6.45, 7) is 10.4. The molecule has 12 heavy (non-hydrogen) atoms. The molecule has 0 aromatic heterocycles. The minimum absolute atomic E-state index is 0.0434. The summed E-state index contributed by atoms with van der Waals surface area (Å²) >= 11 is 0. The number of aliphatic hydroxyl groups is 1. The van der Waals surface area contributed by atoms with Crippen molar-refractivity contribution >= 4 is 0 Å². The topological polar surface area (TPSA) is 20.2 Å². The van der Waals surface area contributed by atoms with Crippen LogP contribution in [0.3, 0.4) is 0 Å². The summed E-state index contributed by atoms with van der Waals surface area (Å²) in [5, 5.41) is 9.91. The maximum atomic E-state index is 9.91. The molecule has 0 heterocycles. The molecule has 1 heteroatoms. The summed E-state index contributed by atoms with van der Waals surface area (Å²) in [4.78, 5) is 0. The molecule has 0 radical (unpaired) electrons. The lowest BCUT2D eigenvalue weighted by molar-refractivity contribution is -0.00998. The molecule has 0 amide bonds. The molecule has 3 unspecified atom stereocenters. The predicted octanol–water partition coefficient (Wildman–Crippen LogP) is 2.75. The molecule has 70 valence electrons. The molecule has 0 aromatic carbocycles. The van der Waals surface area contributed by atoms with E-state index in [4.69, 9.17) is 0 Å². The van der Waals surface area contributed by atoms with Gasteiger partial charge in [0.2, 0.25) is 0 Å². The van der Waals surface area contributed by atoms with Crippen LogP contribution in [-0.4, -0.2) is 11.2 Å². The average Bonchev–Trinajstić information content (AvgIpc) is 1.99. The molecule has 0 bridgehead atoms. The molecule has 1 aliphatic rings. The highest BCUT2D eigenvalue weighted by atomic mass is 16.3. The Labute approximate surface area is 75.5 Å². The maximum Gasteiger partial charge on any atom is 0.0633 e.